The van der Waals surface area contributed by atoms with Crippen LogP contribution in [0.3, 0.4) is 0 Å². The van der Waals surface area contributed by atoms with Crippen LogP contribution in [-0.2, 0) is 20.7 Å². The number of amides is 2. The van der Waals surface area contributed by atoms with Gasteiger partial charge in [-0.15, -0.1) is 0 Å². The lowest BCUT2D eigenvalue weighted by molar-refractivity contribution is -0.167. The van der Waals surface area contributed by atoms with E-state index in [0.717, 1.165) is 29.5 Å². The number of carbonyl (C=O) groups is 2. The average Bonchev–Trinajstić information content (AvgIpc) is 3.58. The molecule has 6 heteroatoms. The van der Waals surface area contributed by atoms with Crippen molar-refractivity contribution >= 4 is 11.8 Å². The van der Waals surface area contributed by atoms with Crippen molar-refractivity contribution in [3.8, 4) is 11.1 Å². The van der Waals surface area contributed by atoms with E-state index in [9.17, 15) is 14.0 Å². The van der Waals surface area contributed by atoms with Crippen LogP contribution in [0.4, 0.5) is 4.39 Å². The van der Waals surface area contributed by atoms with Crippen molar-refractivity contribution in [1.29, 1.82) is 0 Å². The topological polar surface area (TPSA) is 58.6 Å². The molecule has 2 aromatic rings. The standard InChI is InChI=1S/C25H29FN2O3/c1-17(2)23(29)28-13-14-31-25(16-28,24(30)27-21-11-12-21)15-19-5-3-4-6-22(19)18-7-9-20(26)10-8-18/h3-10,17,21H,11-16H2,1-2H3,(H,27,30)/t25-/m1/s1. The van der Waals surface area contributed by atoms with Crippen molar-refractivity contribution in [2.75, 3.05) is 19.7 Å². The molecule has 0 aromatic heterocycles. The number of rotatable bonds is 6. The molecule has 1 heterocycles. The predicted molar refractivity (Wildman–Crippen MR) is 117 cm³/mol. The fraction of sp³-hybridized carbons (Fsp3) is 0.440. The van der Waals surface area contributed by atoms with Crippen LogP contribution in [0.1, 0.15) is 32.3 Å². The van der Waals surface area contributed by atoms with Crippen LogP contribution in [0.2, 0.25) is 0 Å². The molecule has 0 spiro atoms. The van der Waals surface area contributed by atoms with Crippen LogP contribution in [0.15, 0.2) is 48.5 Å². The van der Waals surface area contributed by atoms with E-state index >= 15 is 0 Å². The third kappa shape index (κ3) is 4.79. The number of ether oxygens (including phenoxy) is 1. The van der Waals surface area contributed by atoms with Gasteiger partial charge in [-0.25, -0.2) is 4.39 Å². The van der Waals surface area contributed by atoms with Crippen LogP contribution >= 0.6 is 0 Å². The van der Waals surface area contributed by atoms with Gasteiger partial charge in [-0.1, -0.05) is 50.2 Å². The lowest BCUT2D eigenvalue weighted by Gasteiger charge is -2.42. The van der Waals surface area contributed by atoms with E-state index in [0.29, 0.717) is 19.6 Å². The minimum absolute atomic E-state index is 0.0266. The highest BCUT2D eigenvalue weighted by atomic mass is 19.1. The Kier molecular flexibility index (Phi) is 6.10. The lowest BCUT2D eigenvalue weighted by atomic mass is 9.87. The van der Waals surface area contributed by atoms with Gasteiger partial charge in [-0.3, -0.25) is 9.59 Å². The number of benzene rings is 2. The quantitative estimate of drug-likeness (QED) is 0.771. The molecule has 2 aliphatic rings. The first kappa shape index (κ1) is 21.5. The highest BCUT2D eigenvalue weighted by Gasteiger charge is 2.47. The molecular weight excluding hydrogens is 395 g/mol. The van der Waals surface area contributed by atoms with Crippen molar-refractivity contribution in [1.82, 2.24) is 10.2 Å². The molecule has 0 bridgehead atoms. The molecular formula is C25H29FN2O3. The SMILES string of the molecule is CC(C)C(=O)N1CCO[C@@](Cc2ccccc2-c2ccc(F)cc2)(C(=O)NC2CC2)C1. The maximum atomic E-state index is 13.4. The summed E-state index contributed by atoms with van der Waals surface area (Å²) in [5.41, 5.74) is 1.58. The molecule has 1 N–H and O–H groups in total. The van der Waals surface area contributed by atoms with Crippen molar-refractivity contribution in [2.45, 2.75) is 44.8 Å². The Balaban J connectivity index is 1.68. The Hall–Kier alpha value is -2.73. The Morgan fingerprint density at radius 2 is 1.87 bits per heavy atom. The van der Waals surface area contributed by atoms with Gasteiger partial charge in [0, 0.05) is 24.9 Å². The van der Waals surface area contributed by atoms with Crippen molar-refractivity contribution in [3.05, 3.63) is 59.9 Å². The van der Waals surface area contributed by atoms with Crippen LogP contribution < -0.4 is 5.32 Å². The van der Waals surface area contributed by atoms with Crippen LogP contribution in [0, 0.1) is 11.7 Å². The van der Waals surface area contributed by atoms with E-state index in [4.69, 9.17) is 4.74 Å². The van der Waals surface area contributed by atoms with Gasteiger partial charge in [0.25, 0.3) is 5.91 Å². The van der Waals surface area contributed by atoms with Crippen molar-refractivity contribution in [2.24, 2.45) is 5.92 Å². The molecule has 1 atom stereocenters. The second-order valence-electron chi connectivity index (χ2n) is 8.85. The van der Waals surface area contributed by atoms with Crippen LogP contribution in [0.5, 0.6) is 0 Å². The third-order valence-electron chi connectivity index (χ3n) is 5.97. The summed E-state index contributed by atoms with van der Waals surface area (Å²) in [6.07, 6.45) is 2.28. The smallest absolute Gasteiger partial charge is 0.254 e. The second kappa shape index (κ2) is 8.79. The van der Waals surface area contributed by atoms with E-state index < -0.39 is 5.60 Å². The normalized spacial score (nSPS) is 21.2. The largest absolute Gasteiger partial charge is 0.361 e. The molecule has 2 aromatic carbocycles. The summed E-state index contributed by atoms with van der Waals surface area (Å²) in [5.74, 6) is -0.572. The van der Waals surface area contributed by atoms with Crippen molar-refractivity contribution < 1.29 is 18.7 Å². The van der Waals surface area contributed by atoms with E-state index in [1.807, 2.05) is 38.1 Å². The molecule has 0 unspecified atom stereocenters. The summed E-state index contributed by atoms with van der Waals surface area (Å²) in [6, 6.07) is 14.3. The zero-order valence-corrected chi connectivity index (χ0v) is 18.1. The van der Waals surface area contributed by atoms with E-state index in [1.165, 1.54) is 12.1 Å². The first-order valence-electron chi connectivity index (χ1n) is 11.0. The van der Waals surface area contributed by atoms with Crippen LogP contribution in [0.25, 0.3) is 11.1 Å². The molecule has 4 rings (SSSR count). The first-order chi connectivity index (χ1) is 14.9. The van der Waals surface area contributed by atoms with Gasteiger partial charge in [0.05, 0.1) is 13.2 Å². The Morgan fingerprint density at radius 3 is 2.55 bits per heavy atom. The molecule has 2 fully saturated rings. The summed E-state index contributed by atoms with van der Waals surface area (Å²) in [4.78, 5) is 27.9. The van der Waals surface area contributed by atoms with Gasteiger partial charge >= 0.3 is 0 Å². The maximum absolute atomic E-state index is 13.4. The summed E-state index contributed by atoms with van der Waals surface area (Å²) >= 11 is 0. The molecule has 1 aliphatic carbocycles. The minimum Gasteiger partial charge on any atom is -0.361 e. The fourth-order valence-electron chi connectivity index (χ4n) is 4.10. The monoisotopic (exact) mass is 424 g/mol. The summed E-state index contributed by atoms with van der Waals surface area (Å²) in [7, 11) is 0. The molecule has 1 aliphatic heterocycles. The molecule has 1 saturated heterocycles. The number of nitrogens with one attached hydrogen (secondary N) is 1. The average molecular weight is 425 g/mol. The zero-order valence-electron chi connectivity index (χ0n) is 18.1. The van der Waals surface area contributed by atoms with Gasteiger partial charge in [-0.05, 0) is 41.7 Å². The van der Waals surface area contributed by atoms with Crippen LogP contribution in [-0.4, -0.2) is 48.1 Å². The highest BCUT2D eigenvalue weighted by molar-refractivity contribution is 5.88. The Morgan fingerprint density at radius 1 is 1.16 bits per heavy atom. The van der Waals surface area contributed by atoms with E-state index in [2.05, 4.69) is 5.32 Å². The Labute approximate surface area is 182 Å². The number of carbonyl (C=O) groups excluding carboxylic acids is 2. The van der Waals surface area contributed by atoms with Crippen molar-refractivity contribution in [3.63, 3.8) is 0 Å². The number of hydrogen-bond acceptors (Lipinski definition) is 3. The third-order valence-corrected chi connectivity index (χ3v) is 5.97. The van der Waals surface area contributed by atoms with Gasteiger partial charge in [0.1, 0.15) is 5.82 Å². The predicted octanol–water partition coefficient (Wildman–Crippen LogP) is 3.57. The van der Waals surface area contributed by atoms with Gasteiger partial charge < -0.3 is 15.0 Å². The number of halogens is 1. The minimum atomic E-state index is -1.15. The summed E-state index contributed by atoms with van der Waals surface area (Å²) in [5, 5.41) is 3.09. The number of nitrogens with zero attached hydrogens (tertiary/aromatic N) is 1. The lowest BCUT2D eigenvalue weighted by Crippen LogP contribution is -2.62. The van der Waals surface area contributed by atoms with Gasteiger partial charge in [0.15, 0.2) is 5.60 Å². The molecule has 31 heavy (non-hydrogen) atoms. The van der Waals surface area contributed by atoms with E-state index in [1.54, 1.807) is 17.0 Å². The van der Waals surface area contributed by atoms with Gasteiger partial charge in [-0.2, -0.15) is 0 Å². The van der Waals surface area contributed by atoms with E-state index in [-0.39, 0.29) is 36.1 Å². The summed E-state index contributed by atoms with van der Waals surface area (Å²) < 4.78 is 19.6. The molecule has 2 amide bonds. The molecule has 1 saturated carbocycles. The highest BCUT2D eigenvalue weighted by Crippen LogP contribution is 2.32. The molecule has 164 valence electrons. The molecule has 0 radical (unpaired) electrons. The van der Waals surface area contributed by atoms with Gasteiger partial charge in [0.2, 0.25) is 5.91 Å². The number of morpholine rings is 1. The summed E-state index contributed by atoms with van der Waals surface area (Å²) in [6.45, 7) is 4.76. The Bertz CT molecular complexity index is 955. The maximum Gasteiger partial charge on any atom is 0.254 e. The fourth-order valence-corrected chi connectivity index (χ4v) is 4.10. The first-order valence-corrected chi connectivity index (χ1v) is 11.0. The number of hydrogen-bond donors (Lipinski definition) is 1. The molecule has 5 nitrogen and oxygen atoms in total. The zero-order chi connectivity index (χ0) is 22.0. The second-order valence-corrected chi connectivity index (χ2v) is 8.85.